The molecule has 1 aliphatic heterocycles. The lowest BCUT2D eigenvalue weighted by Crippen LogP contribution is -2.15. The highest BCUT2D eigenvalue weighted by atomic mass is 32.2. The highest BCUT2D eigenvalue weighted by molar-refractivity contribution is 7.99. The smallest absolute Gasteiger partial charge is 0.0601 e. The maximum absolute atomic E-state index is 2.42. The molecular weight excluding hydrogens is 346 g/mol. The molecule has 0 saturated carbocycles. The van der Waals surface area contributed by atoms with Gasteiger partial charge >= 0.3 is 0 Å². The van der Waals surface area contributed by atoms with Crippen LogP contribution in [-0.4, -0.2) is 0 Å². The van der Waals surface area contributed by atoms with E-state index < -0.39 is 0 Å². The van der Waals surface area contributed by atoms with Gasteiger partial charge in [0, 0.05) is 15.5 Å². The lowest BCUT2D eigenvalue weighted by atomic mass is 10.1. The van der Waals surface area contributed by atoms with E-state index >= 15 is 0 Å². The predicted octanol–water partition coefficient (Wildman–Crippen LogP) is 7.83. The van der Waals surface area contributed by atoms with Gasteiger partial charge in [0.2, 0.25) is 0 Å². The first-order chi connectivity index (χ1) is 13.2. The summed E-state index contributed by atoms with van der Waals surface area (Å²) in [5, 5.41) is 0. The van der Waals surface area contributed by atoms with Gasteiger partial charge in [-0.2, -0.15) is 0 Å². The molecule has 1 heterocycles. The molecule has 4 rings (SSSR count). The molecule has 1 aliphatic rings. The average molecular weight is 374 g/mol. The van der Waals surface area contributed by atoms with Crippen LogP contribution in [0.25, 0.3) is 0 Å². The molecule has 0 aliphatic carbocycles. The van der Waals surface area contributed by atoms with Crippen molar-refractivity contribution in [1.82, 2.24) is 0 Å². The second-order valence-corrected chi connectivity index (χ2v) is 8.42. The van der Waals surface area contributed by atoms with Crippen LogP contribution in [0.15, 0.2) is 70.5 Å². The molecule has 0 N–H and O–H groups in total. The second-order valence-electron chi connectivity index (χ2n) is 7.33. The van der Waals surface area contributed by atoms with Crippen molar-refractivity contribution in [3.63, 3.8) is 0 Å². The number of fused-ring (bicyclic) bond motifs is 2. The van der Waals surface area contributed by atoms with E-state index in [1.165, 1.54) is 62.8 Å². The molecule has 0 aromatic heterocycles. The van der Waals surface area contributed by atoms with Crippen molar-refractivity contribution < 1.29 is 0 Å². The Labute approximate surface area is 167 Å². The molecule has 2 heteroatoms. The van der Waals surface area contributed by atoms with Crippen LogP contribution < -0.4 is 4.90 Å². The fourth-order valence-electron chi connectivity index (χ4n) is 3.65. The van der Waals surface area contributed by atoms with Crippen molar-refractivity contribution in [2.75, 3.05) is 4.90 Å². The summed E-state index contributed by atoms with van der Waals surface area (Å²) in [7, 11) is 0. The van der Waals surface area contributed by atoms with Crippen molar-refractivity contribution >= 4 is 28.8 Å². The number of nitrogens with zero attached hydrogens (tertiary/aromatic N) is 1. The molecule has 0 bridgehead atoms. The van der Waals surface area contributed by atoms with E-state index in [0.29, 0.717) is 0 Å². The Balaban J connectivity index is 1.79. The second kappa shape index (κ2) is 7.82. The summed E-state index contributed by atoms with van der Waals surface area (Å²) in [6, 6.07) is 22.8. The van der Waals surface area contributed by atoms with E-state index in [1.54, 1.807) is 0 Å². The van der Waals surface area contributed by atoms with Crippen LogP contribution in [0, 0.1) is 6.92 Å². The summed E-state index contributed by atoms with van der Waals surface area (Å²) in [6.07, 6.45) is 4.73. The molecule has 0 saturated heterocycles. The van der Waals surface area contributed by atoms with Crippen molar-refractivity contribution in [2.24, 2.45) is 0 Å². The summed E-state index contributed by atoms with van der Waals surface area (Å²) in [6.45, 7) is 6.64. The Kier molecular flexibility index (Phi) is 5.27. The summed E-state index contributed by atoms with van der Waals surface area (Å²) in [5.74, 6) is 0. The summed E-state index contributed by atoms with van der Waals surface area (Å²) in [5.41, 5.74) is 7.95. The zero-order chi connectivity index (χ0) is 18.8. The minimum absolute atomic E-state index is 1.07. The number of anilines is 3. The number of aryl methyl sites for hydroxylation is 3. The molecule has 0 fully saturated rings. The first-order valence-electron chi connectivity index (χ1n) is 10.00. The van der Waals surface area contributed by atoms with Gasteiger partial charge in [-0.3, -0.25) is 0 Å². The van der Waals surface area contributed by atoms with Crippen LogP contribution in [-0.2, 0) is 12.8 Å². The molecule has 138 valence electrons. The maximum atomic E-state index is 2.42. The van der Waals surface area contributed by atoms with Crippen molar-refractivity contribution in [3.05, 3.63) is 77.4 Å². The molecule has 0 radical (unpaired) electrons. The minimum atomic E-state index is 1.07. The molecular formula is C25H27NS. The summed E-state index contributed by atoms with van der Waals surface area (Å²) < 4.78 is 0. The van der Waals surface area contributed by atoms with E-state index in [0.717, 1.165) is 6.42 Å². The first-order valence-corrected chi connectivity index (χ1v) is 10.8. The van der Waals surface area contributed by atoms with Gasteiger partial charge in [-0.05, 0) is 79.3 Å². The van der Waals surface area contributed by atoms with Crippen LogP contribution in [0.3, 0.4) is 0 Å². The molecule has 0 atom stereocenters. The van der Waals surface area contributed by atoms with Crippen LogP contribution in [0.2, 0.25) is 0 Å². The van der Waals surface area contributed by atoms with Gasteiger partial charge in [0.1, 0.15) is 0 Å². The Bertz CT molecular complexity index is 943. The zero-order valence-corrected chi connectivity index (χ0v) is 17.3. The third-order valence-electron chi connectivity index (χ3n) is 5.26. The van der Waals surface area contributed by atoms with Crippen LogP contribution in [0.1, 0.15) is 43.4 Å². The Morgan fingerprint density at radius 3 is 2.15 bits per heavy atom. The normalized spacial score (nSPS) is 12.6. The van der Waals surface area contributed by atoms with Crippen LogP contribution in [0.4, 0.5) is 17.1 Å². The summed E-state index contributed by atoms with van der Waals surface area (Å²) >= 11 is 1.90. The van der Waals surface area contributed by atoms with Crippen molar-refractivity contribution in [1.29, 1.82) is 0 Å². The molecule has 0 unspecified atom stereocenters. The number of hydrogen-bond acceptors (Lipinski definition) is 2. The molecule has 3 aromatic rings. The van der Waals surface area contributed by atoms with E-state index in [-0.39, 0.29) is 0 Å². The van der Waals surface area contributed by atoms with Gasteiger partial charge in [0.25, 0.3) is 0 Å². The monoisotopic (exact) mass is 373 g/mol. The quantitative estimate of drug-likeness (QED) is 0.350. The number of unbranched alkanes of at least 4 members (excludes halogenated alkanes) is 1. The van der Waals surface area contributed by atoms with Gasteiger partial charge in [0.05, 0.1) is 11.4 Å². The molecule has 1 nitrogen and oxygen atoms in total. The predicted molar refractivity (Wildman–Crippen MR) is 118 cm³/mol. The first kappa shape index (κ1) is 18.2. The highest BCUT2D eigenvalue weighted by Crippen LogP contribution is 2.51. The standard InChI is InChI=1S/C25H27NS/c1-4-6-7-20-9-12-21(13-10-20)26-22-14-8-18(3)16-24(22)27-25-17-19(5-2)11-15-23(25)26/h8-17H,4-7H2,1-3H3. The zero-order valence-electron chi connectivity index (χ0n) is 16.5. The van der Waals surface area contributed by atoms with E-state index in [2.05, 4.69) is 86.3 Å². The third kappa shape index (κ3) is 3.64. The lowest BCUT2D eigenvalue weighted by Gasteiger charge is -2.33. The average Bonchev–Trinajstić information content (AvgIpc) is 2.70. The fourth-order valence-corrected chi connectivity index (χ4v) is 4.87. The van der Waals surface area contributed by atoms with E-state index in [9.17, 15) is 0 Å². The van der Waals surface area contributed by atoms with Gasteiger partial charge in [-0.25, -0.2) is 0 Å². The van der Waals surface area contributed by atoms with Crippen molar-refractivity contribution in [3.8, 4) is 0 Å². The van der Waals surface area contributed by atoms with Crippen LogP contribution >= 0.6 is 11.8 Å². The van der Waals surface area contributed by atoms with Gasteiger partial charge in [-0.15, -0.1) is 0 Å². The fraction of sp³-hybridized carbons (Fsp3) is 0.280. The van der Waals surface area contributed by atoms with Gasteiger partial charge in [0.15, 0.2) is 0 Å². The van der Waals surface area contributed by atoms with Gasteiger partial charge < -0.3 is 4.90 Å². The maximum Gasteiger partial charge on any atom is 0.0601 e. The molecule has 3 aromatic carbocycles. The molecule has 0 amide bonds. The Hall–Kier alpha value is -2.19. The third-order valence-corrected chi connectivity index (χ3v) is 6.36. The Morgan fingerprint density at radius 1 is 0.778 bits per heavy atom. The SMILES string of the molecule is CCCCc1ccc(N2c3ccc(C)cc3Sc3cc(CC)ccc32)cc1. The molecule has 27 heavy (non-hydrogen) atoms. The topological polar surface area (TPSA) is 3.24 Å². The van der Waals surface area contributed by atoms with Gasteiger partial charge in [-0.1, -0.05) is 56.3 Å². The summed E-state index contributed by atoms with van der Waals surface area (Å²) in [4.78, 5) is 5.11. The number of benzene rings is 3. The largest absolute Gasteiger partial charge is 0.308 e. The van der Waals surface area contributed by atoms with E-state index in [4.69, 9.17) is 0 Å². The molecule has 0 spiro atoms. The number of hydrogen-bond donors (Lipinski definition) is 0. The minimum Gasteiger partial charge on any atom is -0.308 e. The number of rotatable bonds is 5. The van der Waals surface area contributed by atoms with Crippen LogP contribution in [0.5, 0.6) is 0 Å². The Morgan fingerprint density at radius 2 is 1.44 bits per heavy atom. The highest BCUT2D eigenvalue weighted by Gasteiger charge is 2.25. The van der Waals surface area contributed by atoms with E-state index in [1.807, 2.05) is 11.8 Å². The lowest BCUT2D eigenvalue weighted by molar-refractivity contribution is 0.795. The van der Waals surface area contributed by atoms with Crippen molar-refractivity contribution in [2.45, 2.75) is 56.2 Å².